The van der Waals surface area contributed by atoms with E-state index < -0.39 is 0 Å². The smallest absolute Gasteiger partial charge is 0.119 e. The molecule has 2 nitrogen and oxygen atoms in total. The molecule has 1 saturated heterocycles. The van der Waals surface area contributed by atoms with Crippen molar-refractivity contribution < 1.29 is 4.74 Å². The van der Waals surface area contributed by atoms with Crippen molar-refractivity contribution >= 4 is 11.8 Å². The van der Waals surface area contributed by atoms with Gasteiger partial charge in [0.25, 0.3) is 0 Å². The Morgan fingerprint density at radius 2 is 1.87 bits per heavy atom. The van der Waals surface area contributed by atoms with Gasteiger partial charge in [0.1, 0.15) is 11.9 Å². The van der Waals surface area contributed by atoms with Gasteiger partial charge in [-0.2, -0.15) is 17.0 Å². The maximum Gasteiger partial charge on any atom is 0.119 e. The number of nitrogens with zero attached hydrogens (tertiary/aromatic N) is 1. The van der Waals surface area contributed by atoms with Crippen molar-refractivity contribution in [2.45, 2.75) is 18.9 Å². The molecule has 2 rings (SSSR count). The van der Waals surface area contributed by atoms with Crippen LogP contribution in [0.3, 0.4) is 0 Å². The number of ether oxygens (including phenoxy) is 1. The highest BCUT2D eigenvalue weighted by atomic mass is 32.2. The maximum absolute atomic E-state index is 8.66. The number of hydrogen-bond donors (Lipinski definition) is 0. The molecule has 1 fully saturated rings. The molecule has 78 valence electrons. The van der Waals surface area contributed by atoms with Crippen LogP contribution in [-0.2, 0) is 0 Å². The van der Waals surface area contributed by atoms with E-state index in [0.717, 1.165) is 18.6 Å². The van der Waals surface area contributed by atoms with Gasteiger partial charge in [0.2, 0.25) is 0 Å². The molecule has 15 heavy (non-hydrogen) atoms. The summed E-state index contributed by atoms with van der Waals surface area (Å²) in [5, 5.41) is 8.66. The lowest BCUT2D eigenvalue weighted by molar-refractivity contribution is 0.192. The summed E-state index contributed by atoms with van der Waals surface area (Å²) in [6.07, 6.45) is 2.62. The van der Waals surface area contributed by atoms with Gasteiger partial charge in [-0.3, -0.25) is 0 Å². The lowest BCUT2D eigenvalue weighted by Crippen LogP contribution is -2.21. The van der Waals surface area contributed by atoms with Gasteiger partial charge in [0.05, 0.1) is 11.6 Å². The Morgan fingerprint density at radius 3 is 2.47 bits per heavy atom. The van der Waals surface area contributed by atoms with Crippen LogP contribution in [0.5, 0.6) is 5.75 Å². The van der Waals surface area contributed by atoms with Crippen LogP contribution in [-0.4, -0.2) is 17.6 Å². The van der Waals surface area contributed by atoms with E-state index in [0.29, 0.717) is 11.7 Å². The fraction of sp³-hybridized carbons (Fsp3) is 0.417. The second kappa shape index (κ2) is 5.09. The normalized spacial score (nSPS) is 17.0. The van der Waals surface area contributed by atoms with E-state index in [4.69, 9.17) is 10.00 Å². The van der Waals surface area contributed by atoms with Crippen LogP contribution in [0.15, 0.2) is 24.3 Å². The molecule has 0 bridgehead atoms. The molecule has 0 saturated carbocycles. The predicted octanol–water partition coefficient (Wildman–Crippen LogP) is 2.83. The van der Waals surface area contributed by atoms with Gasteiger partial charge < -0.3 is 4.74 Å². The van der Waals surface area contributed by atoms with Crippen LogP contribution >= 0.6 is 11.8 Å². The summed E-state index contributed by atoms with van der Waals surface area (Å²) in [5.74, 6) is 3.27. The Labute approximate surface area is 94.2 Å². The molecule has 0 aliphatic carbocycles. The molecule has 0 radical (unpaired) electrons. The second-order valence-electron chi connectivity index (χ2n) is 3.57. The average Bonchev–Trinajstić information content (AvgIpc) is 2.31. The summed E-state index contributed by atoms with van der Waals surface area (Å²) in [4.78, 5) is 0. The highest BCUT2D eigenvalue weighted by molar-refractivity contribution is 7.99. The van der Waals surface area contributed by atoms with Crippen LogP contribution < -0.4 is 4.74 Å². The molecule has 1 aromatic carbocycles. The number of thioether (sulfide) groups is 1. The van der Waals surface area contributed by atoms with Gasteiger partial charge in [-0.15, -0.1) is 0 Å². The highest BCUT2D eigenvalue weighted by Crippen LogP contribution is 2.22. The topological polar surface area (TPSA) is 33.0 Å². The molecular weight excluding hydrogens is 206 g/mol. The van der Waals surface area contributed by atoms with E-state index in [1.165, 1.54) is 11.5 Å². The average molecular weight is 219 g/mol. The minimum atomic E-state index is 0.360. The molecular formula is C12H13NOS. The summed E-state index contributed by atoms with van der Waals surface area (Å²) >= 11 is 1.99. The fourth-order valence-corrected chi connectivity index (χ4v) is 2.66. The van der Waals surface area contributed by atoms with Gasteiger partial charge in [-0.05, 0) is 48.6 Å². The molecule has 0 spiro atoms. The van der Waals surface area contributed by atoms with Crippen LogP contribution in [0.4, 0.5) is 0 Å². The van der Waals surface area contributed by atoms with Crippen molar-refractivity contribution in [3.8, 4) is 11.8 Å². The zero-order valence-corrected chi connectivity index (χ0v) is 9.30. The van der Waals surface area contributed by atoms with Crippen molar-refractivity contribution in [3.63, 3.8) is 0 Å². The molecule has 1 aromatic rings. The van der Waals surface area contributed by atoms with Crippen LogP contribution in [0.25, 0.3) is 0 Å². The van der Waals surface area contributed by atoms with E-state index in [9.17, 15) is 0 Å². The lowest BCUT2D eigenvalue weighted by atomic mass is 10.2. The molecule has 0 aromatic heterocycles. The molecule has 0 atom stereocenters. The van der Waals surface area contributed by atoms with Crippen LogP contribution in [0, 0.1) is 11.3 Å². The first-order valence-corrected chi connectivity index (χ1v) is 6.28. The molecule has 1 heterocycles. The van der Waals surface area contributed by atoms with E-state index >= 15 is 0 Å². The Hall–Kier alpha value is -1.14. The molecule has 0 amide bonds. The van der Waals surface area contributed by atoms with Crippen LogP contribution in [0.1, 0.15) is 18.4 Å². The van der Waals surface area contributed by atoms with Crippen molar-refractivity contribution in [3.05, 3.63) is 29.8 Å². The SMILES string of the molecule is N#Cc1ccc(OC2CCSCC2)cc1. The maximum atomic E-state index is 8.66. The Morgan fingerprint density at radius 1 is 1.20 bits per heavy atom. The summed E-state index contributed by atoms with van der Waals surface area (Å²) in [7, 11) is 0. The quantitative estimate of drug-likeness (QED) is 0.766. The van der Waals surface area contributed by atoms with Crippen molar-refractivity contribution in [2.24, 2.45) is 0 Å². The van der Waals surface area contributed by atoms with Crippen molar-refractivity contribution in [2.75, 3.05) is 11.5 Å². The van der Waals surface area contributed by atoms with Crippen molar-refractivity contribution in [1.82, 2.24) is 0 Å². The number of nitriles is 1. The third kappa shape index (κ3) is 2.90. The largest absolute Gasteiger partial charge is 0.490 e. The molecule has 1 aliphatic heterocycles. The zero-order chi connectivity index (χ0) is 10.5. The number of benzene rings is 1. The van der Waals surface area contributed by atoms with E-state index in [-0.39, 0.29) is 0 Å². The summed E-state index contributed by atoms with van der Waals surface area (Å²) in [6.45, 7) is 0. The standard InChI is InChI=1S/C12H13NOS/c13-9-10-1-3-11(4-2-10)14-12-5-7-15-8-6-12/h1-4,12H,5-8H2. The number of rotatable bonds is 2. The van der Waals surface area contributed by atoms with Gasteiger partial charge in [-0.1, -0.05) is 0 Å². The first-order valence-electron chi connectivity index (χ1n) is 5.13. The minimum Gasteiger partial charge on any atom is -0.490 e. The van der Waals surface area contributed by atoms with Gasteiger partial charge in [0, 0.05) is 0 Å². The minimum absolute atomic E-state index is 0.360. The van der Waals surface area contributed by atoms with Gasteiger partial charge in [-0.25, -0.2) is 0 Å². The summed E-state index contributed by atoms with van der Waals surface area (Å²) in [5.41, 5.74) is 0.682. The van der Waals surface area contributed by atoms with Crippen LogP contribution in [0.2, 0.25) is 0 Å². The lowest BCUT2D eigenvalue weighted by Gasteiger charge is -2.22. The van der Waals surface area contributed by atoms with E-state index in [1.807, 2.05) is 23.9 Å². The molecule has 0 unspecified atom stereocenters. The first kappa shape index (κ1) is 10.4. The molecule has 1 aliphatic rings. The predicted molar refractivity (Wildman–Crippen MR) is 62.1 cm³/mol. The Balaban J connectivity index is 1.95. The summed E-state index contributed by atoms with van der Waals surface area (Å²) < 4.78 is 5.83. The molecule has 0 N–H and O–H groups in total. The third-order valence-corrected chi connectivity index (χ3v) is 3.50. The fourth-order valence-electron chi connectivity index (χ4n) is 1.59. The zero-order valence-electron chi connectivity index (χ0n) is 8.48. The first-order chi connectivity index (χ1) is 7.38. The monoisotopic (exact) mass is 219 g/mol. The van der Waals surface area contributed by atoms with E-state index in [1.54, 1.807) is 12.1 Å². The van der Waals surface area contributed by atoms with Crippen molar-refractivity contribution in [1.29, 1.82) is 5.26 Å². The highest BCUT2D eigenvalue weighted by Gasteiger charge is 2.14. The van der Waals surface area contributed by atoms with E-state index in [2.05, 4.69) is 6.07 Å². The van der Waals surface area contributed by atoms with Gasteiger partial charge >= 0.3 is 0 Å². The summed E-state index contributed by atoms with van der Waals surface area (Å²) in [6, 6.07) is 9.45. The molecule has 3 heteroatoms. The third-order valence-electron chi connectivity index (χ3n) is 2.45. The Bertz CT molecular complexity index is 349. The Kier molecular flexibility index (Phi) is 3.52. The van der Waals surface area contributed by atoms with Gasteiger partial charge in [0.15, 0.2) is 0 Å². The number of hydrogen-bond acceptors (Lipinski definition) is 3. The second-order valence-corrected chi connectivity index (χ2v) is 4.79.